The van der Waals surface area contributed by atoms with Gasteiger partial charge in [-0.25, -0.2) is 0 Å². The van der Waals surface area contributed by atoms with Crippen molar-refractivity contribution in [2.24, 2.45) is 5.92 Å². The predicted molar refractivity (Wildman–Crippen MR) is 64.7 cm³/mol. The fourth-order valence-corrected chi connectivity index (χ4v) is 2.86. The summed E-state index contributed by atoms with van der Waals surface area (Å²) in [6.07, 6.45) is 7.19. The summed E-state index contributed by atoms with van der Waals surface area (Å²) in [4.78, 5) is 11.8. The van der Waals surface area contributed by atoms with Gasteiger partial charge in [-0.1, -0.05) is 19.3 Å². The number of ether oxygens (including phenoxy) is 2. The van der Waals surface area contributed by atoms with Crippen molar-refractivity contribution in [2.45, 2.75) is 50.6 Å². The first-order valence-corrected chi connectivity index (χ1v) is 6.73. The van der Waals surface area contributed by atoms with Crippen molar-refractivity contribution in [3.05, 3.63) is 0 Å². The second-order valence-electron chi connectivity index (χ2n) is 5.13. The second-order valence-corrected chi connectivity index (χ2v) is 5.13. The Kier molecular flexibility index (Phi) is 4.80. The third-order valence-electron chi connectivity index (χ3n) is 3.91. The lowest BCUT2D eigenvalue weighted by Crippen LogP contribution is -2.49. The number of hydrogen-bond donors (Lipinski definition) is 1. The Morgan fingerprint density at radius 3 is 2.65 bits per heavy atom. The number of carbonyl (C=O) groups is 1. The number of methoxy groups -OCH3 is 1. The standard InChI is InChI=1S/C13H23NO3/c1-16-13(15)12(10-7-8-17-9-10)14-11-5-3-2-4-6-11/h10-12,14H,2-9H2,1H3. The molecule has 1 saturated carbocycles. The van der Waals surface area contributed by atoms with E-state index in [2.05, 4.69) is 5.32 Å². The Labute approximate surface area is 103 Å². The van der Waals surface area contributed by atoms with Gasteiger partial charge in [-0.2, -0.15) is 0 Å². The Balaban J connectivity index is 1.91. The Hall–Kier alpha value is -0.610. The molecule has 0 aromatic heterocycles. The molecule has 98 valence electrons. The normalized spacial score (nSPS) is 27.9. The number of esters is 1. The van der Waals surface area contributed by atoms with E-state index in [4.69, 9.17) is 9.47 Å². The molecule has 1 saturated heterocycles. The van der Waals surface area contributed by atoms with Crippen LogP contribution in [-0.2, 0) is 14.3 Å². The molecule has 2 unspecified atom stereocenters. The lowest BCUT2D eigenvalue weighted by molar-refractivity contribution is -0.145. The number of rotatable bonds is 4. The van der Waals surface area contributed by atoms with Gasteiger partial charge in [0.15, 0.2) is 0 Å². The van der Waals surface area contributed by atoms with E-state index in [-0.39, 0.29) is 17.9 Å². The Bertz CT molecular complexity index is 245. The SMILES string of the molecule is COC(=O)C(NC1CCCCC1)C1CCOC1. The van der Waals surface area contributed by atoms with E-state index < -0.39 is 0 Å². The molecule has 17 heavy (non-hydrogen) atoms. The number of carbonyl (C=O) groups excluding carboxylic acids is 1. The molecule has 1 N–H and O–H groups in total. The van der Waals surface area contributed by atoms with Gasteiger partial charge in [-0.15, -0.1) is 0 Å². The molecule has 2 atom stereocenters. The molecule has 0 aromatic rings. The first-order valence-electron chi connectivity index (χ1n) is 6.73. The van der Waals surface area contributed by atoms with Crippen molar-refractivity contribution in [3.8, 4) is 0 Å². The van der Waals surface area contributed by atoms with Crippen LogP contribution in [-0.4, -0.2) is 38.4 Å². The molecule has 0 radical (unpaired) electrons. The van der Waals surface area contributed by atoms with Gasteiger partial charge in [0.2, 0.25) is 0 Å². The van der Waals surface area contributed by atoms with Crippen LogP contribution < -0.4 is 5.32 Å². The molecule has 2 aliphatic rings. The average molecular weight is 241 g/mol. The minimum absolute atomic E-state index is 0.133. The monoisotopic (exact) mass is 241 g/mol. The van der Waals surface area contributed by atoms with Gasteiger partial charge >= 0.3 is 5.97 Å². The summed E-state index contributed by atoms with van der Waals surface area (Å²) < 4.78 is 10.3. The van der Waals surface area contributed by atoms with Crippen LogP contribution in [0.4, 0.5) is 0 Å². The number of hydrogen-bond acceptors (Lipinski definition) is 4. The molecule has 2 fully saturated rings. The fourth-order valence-electron chi connectivity index (χ4n) is 2.86. The lowest BCUT2D eigenvalue weighted by atomic mass is 9.92. The van der Waals surface area contributed by atoms with Crippen molar-refractivity contribution < 1.29 is 14.3 Å². The van der Waals surface area contributed by atoms with Crippen LogP contribution in [0.1, 0.15) is 38.5 Å². The van der Waals surface area contributed by atoms with E-state index in [9.17, 15) is 4.79 Å². The summed E-state index contributed by atoms with van der Waals surface area (Å²) >= 11 is 0. The first-order chi connectivity index (χ1) is 8.31. The van der Waals surface area contributed by atoms with E-state index in [1.165, 1.54) is 39.2 Å². The first kappa shape index (κ1) is 12.8. The summed E-state index contributed by atoms with van der Waals surface area (Å²) in [6.45, 7) is 1.45. The molecule has 0 spiro atoms. The van der Waals surface area contributed by atoms with Crippen LogP contribution in [0.2, 0.25) is 0 Å². The van der Waals surface area contributed by atoms with Gasteiger partial charge in [0.1, 0.15) is 6.04 Å². The van der Waals surface area contributed by atoms with Gasteiger partial charge < -0.3 is 14.8 Å². The zero-order valence-corrected chi connectivity index (χ0v) is 10.6. The maximum absolute atomic E-state index is 11.8. The highest BCUT2D eigenvalue weighted by atomic mass is 16.5. The molecule has 1 heterocycles. The molecule has 0 aromatic carbocycles. The van der Waals surface area contributed by atoms with Crippen molar-refractivity contribution in [1.82, 2.24) is 5.32 Å². The Morgan fingerprint density at radius 1 is 1.29 bits per heavy atom. The quantitative estimate of drug-likeness (QED) is 0.757. The molecule has 0 amide bonds. The van der Waals surface area contributed by atoms with Gasteiger partial charge in [0.05, 0.1) is 13.7 Å². The topological polar surface area (TPSA) is 47.6 Å². The zero-order valence-electron chi connectivity index (χ0n) is 10.6. The van der Waals surface area contributed by atoms with Crippen molar-refractivity contribution in [2.75, 3.05) is 20.3 Å². The molecular weight excluding hydrogens is 218 g/mol. The van der Waals surface area contributed by atoms with Gasteiger partial charge in [0.25, 0.3) is 0 Å². The maximum atomic E-state index is 11.8. The highest BCUT2D eigenvalue weighted by molar-refractivity contribution is 5.76. The smallest absolute Gasteiger partial charge is 0.323 e. The summed E-state index contributed by atoms with van der Waals surface area (Å²) in [7, 11) is 1.47. The molecule has 2 rings (SSSR count). The fraction of sp³-hybridized carbons (Fsp3) is 0.923. The van der Waals surface area contributed by atoms with Gasteiger partial charge in [-0.3, -0.25) is 4.79 Å². The van der Waals surface area contributed by atoms with Crippen molar-refractivity contribution in [3.63, 3.8) is 0 Å². The minimum Gasteiger partial charge on any atom is -0.468 e. The number of nitrogens with one attached hydrogen (secondary N) is 1. The lowest BCUT2D eigenvalue weighted by Gasteiger charge is -2.29. The summed E-state index contributed by atoms with van der Waals surface area (Å²) in [5.41, 5.74) is 0. The second kappa shape index (κ2) is 6.36. The summed E-state index contributed by atoms with van der Waals surface area (Å²) in [5.74, 6) is 0.149. The van der Waals surface area contributed by atoms with E-state index in [1.807, 2.05) is 0 Å². The Morgan fingerprint density at radius 2 is 2.06 bits per heavy atom. The van der Waals surface area contributed by atoms with Crippen LogP contribution in [0.15, 0.2) is 0 Å². The highest BCUT2D eigenvalue weighted by Crippen LogP contribution is 2.22. The van der Waals surface area contributed by atoms with Crippen LogP contribution in [0, 0.1) is 5.92 Å². The van der Waals surface area contributed by atoms with Crippen LogP contribution >= 0.6 is 0 Å². The molecule has 1 aliphatic heterocycles. The van der Waals surface area contributed by atoms with Gasteiger partial charge in [-0.05, 0) is 19.3 Å². The molecule has 4 heteroatoms. The predicted octanol–water partition coefficient (Wildman–Crippen LogP) is 1.49. The molecule has 4 nitrogen and oxygen atoms in total. The van der Waals surface area contributed by atoms with E-state index in [0.29, 0.717) is 12.6 Å². The molecule has 0 bridgehead atoms. The van der Waals surface area contributed by atoms with Crippen LogP contribution in [0.3, 0.4) is 0 Å². The molecular formula is C13H23NO3. The van der Waals surface area contributed by atoms with Gasteiger partial charge in [0, 0.05) is 18.6 Å². The zero-order chi connectivity index (χ0) is 12.1. The van der Waals surface area contributed by atoms with Crippen molar-refractivity contribution in [1.29, 1.82) is 0 Å². The van der Waals surface area contributed by atoms with Crippen LogP contribution in [0.25, 0.3) is 0 Å². The van der Waals surface area contributed by atoms with E-state index in [0.717, 1.165) is 13.0 Å². The maximum Gasteiger partial charge on any atom is 0.323 e. The average Bonchev–Trinajstić information content (AvgIpc) is 2.90. The minimum atomic E-state index is -0.175. The third kappa shape index (κ3) is 3.42. The van der Waals surface area contributed by atoms with E-state index >= 15 is 0 Å². The van der Waals surface area contributed by atoms with Crippen molar-refractivity contribution >= 4 is 5.97 Å². The van der Waals surface area contributed by atoms with E-state index in [1.54, 1.807) is 0 Å². The molecule has 1 aliphatic carbocycles. The summed E-state index contributed by atoms with van der Waals surface area (Å²) in [6, 6.07) is 0.305. The van der Waals surface area contributed by atoms with Crippen LogP contribution in [0.5, 0.6) is 0 Å². The third-order valence-corrected chi connectivity index (χ3v) is 3.91. The largest absolute Gasteiger partial charge is 0.468 e. The summed E-state index contributed by atoms with van der Waals surface area (Å²) in [5, 5.41) is 3.49. The highest BCUT2D eigenvalue weighted by Gasteiger charge is 2.33.